The summed E-state index contributed by atoms with van der Waals surface area (Å²) in [5, 5.41) is 4.13. The fraction of sp³-hybridized carbons (Fsp3) is 0.632. The second-order valence-electron chi connectivity index (χ2n) is 7.67. The van der Waals surface area contributed by atoms with Gasteiger partial charge in [-0.1, -0.05) is 12.1 Å². The zero-order valence-electron chi connectivity index (χ0n) is 15.5. The maximum atomic E-state index is 5.51. The largest absolute Gasteiger partial charge is 0.360 e. The van der Waals surface area contributed by atoms with E-state index >= 15 is 0 Å². The van der Waals surface area contributed by atoms with E-state index in [0.717, 1.165) is 49.9 Å². The Morgan fingerprint density at radius 1 is 1.32 bits per heavy atom. The Morgan fingerprint density at radius 3 is 2.96 bits per heavy atom. The van der Waals surface area contributed by atoms with E-state index in [0.29, 0.717) is 0 Å². The molecule has 6 nitrogen and oxygen atoms in total. The summed E-state index contributed by atoms with van der Waals surface area (Å²) in [4.78, 5) is 13.9. The molecular weight excluding hydrogens is 314 g/mol. The molecule has 1 fully saturated rings. The van der Waals surface area contributed by atoms with E-state index in [1.165, 1.54) is 30.5 Å². The van der Waals surface area contributed by atoms with Crippen molar-refractivity contribution in [3.63, 3.8) is 0 Å². The lowest BCUT2D eigenvalue weighted by Gasteiger charge is -2.40. The number of nitrogens with zero attached hydrogens (tertiary/aromatic N) is 5. The lowest BCUT2D eigenvalue weighted by Crippen LogP contribution is -2.45. The number of aryl methyl sites for hydroxylation is 2. The van der Waals surface area contributed by atoms with Crippen molar-refractivity contribution in [1.82, 2.24) is 20.0 Å². The third kappa shape index (κ3) is 3.03. The highest BCUT2D eigenvalue weighted by Gasteiger charge is 2.43. The average Bonchev–Trinajstić information content (AvgIpc) is 3.20. The SMILES string of the molecule is CCc1cc(CN2CCCC3(CCc4cnc(N(C)C)nc43)C2)on1. The zero-order valence-corrected chi connectivity index (χ0v) is 15.5. The molecule has 134 valence electrons. The molecule has 0 amide bonds. The number of fused-ring (bicyclic) bond motifs is 2. The summed E-state index contributed by atoms with van der Waals surface area (Å²) in [6.45, 7) is 5.11. The van der Waals surface area contributed by atoms with Gasteiger partial charge in [0.25, 0.3) is 0 Å². The highest BCUT2D eigenvalue weighted by atomic mass is 16.5. The van der Waals surface area contributed by atoms with Crippen molar-refractivity contribution in [2.45, 2.75) is 51.0 Å². The van der Waals surface area contributed by atoms with Crippen LogP contribution >= 0.6 is 0 Å². The molecule has 2 aliphatic rings. The maximum Gasteiger partial charge on any atom is 0.225 e. The third-order valence-electron chi connectivity index (χ3n) is 5.63. The van der Waals surface area contributed by atoms with Crippen molar-refractivity contribution in [3.05, 3.63) is 35.0 Å². The van der Waals surface area contributed by atoms with Crippen LogP contribution < -0.4 is 4.90 Å². The van der Waals surface area contributed by atoms with Gasteiger partial charge in [0.15, 0.2) is 5.76 Å². The standard InChI is InChI=1S/C19H27N5O/c1-4-15-10-16(25-22-15)12-24-9-5-7-19(13-24)8-6-14-11-20-18(23(2)3)21-17(14)19/h10-11H,4-9,12-13H2,1-3H3. The highest BCUT2D eigenvalue weighted by Crippen LogP contribution is 2.44. The van der Waals surface area contributed by atoms with E-state index in [2.05, 4.69) is 28.0 Å². The van der Waals surface area contributed by atoms with E-state index in [1.807, 2.05) is 25.2 Å². The number of hydrogen-bond acceptors (Lipinski definition) is 6. The van der Waals surface area contributed by atoms with Gasteiger partial charge in [-0.15, -0.1) is 0 Å². The molecule has 0 N–H and O–H groups in total. The molecule has 0 aromatic carbocycles. The molecular formula is C19H27N5O. The van der Waals surface area contributed by atoms with Crippen LogP contribution in [-0.2, 0) is 24.8 Å². The van der Waals surface area contributed by atoms with Gasteiger partial charge >= 0.3 is 0 Å². The smallest absolute Gasteiger partial charge is 0.225 e. The van der Waals surface area contributed by atoms with Gasteiger partial charge in [-0.25, -0.2) is 9.97 Å². The lowest BCUT2D eigenvalue weighted by molar-refractivity contribution is 0.125. The molecule has 1 spiro atoms. The first-order valence-electron chi connectivity index (χ1n) is 9.30. The summed E-state index contributed by atoms with van der Waals surface area (Å²) < 4.78 is 5.51. The predicted molar refractivity (Wildman–Crippen MR) is 96.8 cm³/mol. The molecule has 0 bridgehead atoms. The summed E-state index contributed by atoms with van der Waals surface area (Å²) >= 11 is 0. The molecule has 1 atom stereocenters. The first-order chi connectivity index (χ1) is 12.1. The Kier molecular flexibility index (Phi) is 4.23. The van der Waals surface area contributed by atoms with Crippen molar-refractivity contribution in [1.29, 1.82) is 0 Å². The summed E-state index contributed by atoms with van der Waals surface area (Å²) in [6, 6.07) is 2.09. The van der Waals surface area contributed by atoms with Crippen LogP contribution in [0.25, 0.3) is 0 Å². The number of rotatable bonds is 4. The monoisotopic (exact) mass is 341 g/mol. The van der Waals surface area contributed by atoms with E-state index in [9.17, 15) is 0 Å². The van der Waals surface area contributed by atoms with Crippen LogP contribution in [0.5, 0.6) is 0 Å². The molecule has 6 heteroatoms. The molecule has 4 rings (SSSR count). The number of aromatic nitrogens is 3. The molecule has 1 saturated heterocycles. The second-order valence-corrected chi connectivity index (χ2v) is 7.67. The van der Waals surface area contributed by atoms with Crippen molar-refractivity contribution in [2.24, 2.45) is 0 Å². The molecule has 2 aromatic rings. The third-order valence-corrected chi connectivity index (χ3v) is 5.63. The number of hydrogen-bond donors (Lipinski definition) is 0. The topological polar surface area (TPSA) is 58.3 Å². The molecule has 1 aliphatic heterocycles. The first kappa shape index (κ1) is 16.5. The van der Waals surface area contributed by atoms with Gasteiger partial charge in [-0.05, 0) is 44.2 Å². The van der Waals surface area contributed by atoms with E-state index < -0.39 is 0 Å². The van der Waals surface area contributed by atoms with E-state index in [4.69, 9.17) is 9.51 Å². The summed E-state index contributed by atoms with van der Waals surface area (Å²) in [5.41, 5.74) is 3.83. The fourth-order valence-electron chi connectivity index (χ4n) is 4.32. The average molecular weight is 341 g/mol. The van der Waals surface area contributed by atoms with Crippen LogP contribution in [0, 0.1) is 0 Å². The van der Waals surface area contributed by atoms with Gasteiger partial charge < -0.3 is 9.42 Å². The predicted octanol–water partition coefficient (Wildman–Crippen LogP) is 2.57. The van der Waals surface area contributed by atoms with E-state index in [-0.39, 0.29) is 5.41 Å². The zero-order chi connectivity index (χ0) is 17.4. The molecule has 0 radical (unpaired) electrons. The van der Waals surface area contributed by atoms with Crippen molar-refractivity contribution in [3.8, 4) is 0 Å². The van der Waals surface area contributed by atoms with Gasteiger partial charge in [0.05, 0.1) is 17.9 Å². The Bertz CT molecular complexity index is 752. The van der Waals surface area contributed by atoms with Gasteiger partial charge in [-0.2, -0.15) is 0 Å². The number of anilines is 1. The van der Waals surface area contributed by atoms with Crippen LogP contribution in [-0.4, -0.2) is 47.2 Å². The van der Waals surface area contributed by atoms with Crippen molar-refractivity contribution in [2.75, 3.05) is 32.1 Å². The number of piperidine rings is 1. The van der Waals surface area contributed by atoms with Crippen LogP contribution in [0.3, 0.4) is 0 Å². The lowest BCUT2D eigenvalue weighted by atomic mass is 9.77. The van der Waals surface area contributed by atoms with Crippen molar-refractivity contribution < 1.29 is 4.52 Å². The second kappa shape index (κ2) is 6.41. The van der Waals surface area contributed by atoms with Gasteiger partial charge in [-0.3, -0.25) is 4.90 Å². The van der Waals surface area contributed by atoms with Gasteiger partial charge in [0.1, 0.15) is 0 Å². The molecule has 0 saturated carbocycles. The minimum atomic E-state index is 0.175. The van der Waals surface area contributed by atoms with Gasteiger partial charge in [0, 0.05) is 38.3 Å². The quantitative estimate of drug-likeness (QED) is 0.852. The minimum Gasteiger partial charge on any atom is -0.360 e. The Balaban J connectivity index is 1.56. The molecule has 3 heterocycles. The summed E-state index contributed by atoms with van der Waals surface area (Å²) in [5.74, 6) is 1.80. The van der Waals surface area contributed by atoms with Crippen LogP contribution in [0.15, 0.2) is 16.8 Å². The molecule has 2 aromatic heterocycles. The Hall–Kier alpha value is -1.95. The summed E-state index contributed by atoms with van der Waals surface area (Å²) in [7, 11) is 4.01. The van der Waals surface area contributed by atoms with Crippen LogP contribution in [0.2, 0.25) is 0 Å². The molecule has 1 aliphatic carbocycles. The van der Waals surface area contributed by atoms with Crippen LogP contribution in [0.4, 0.5) is 5.95 Å². The fourth-order valence-corrected chi connectivity index (χ4v) is 4.32. The highest BCUT2D eigenvalue weighted by molar-refractivity contribution is 5.39. The Morgan fingerprint density at radius 2 is 2.20 bits per heavy atom. The summed E-state index contributed by atoms with van der Waals surface area (Å²) in [6.07, 6.45) is 7.66. The minimum absolute atomic E-state index is 0.175. The maximum absolute atomic E-state index is 5.51. The number of likely N-dealkylation sites (tertiary alicyclic amines) is 1. The van der Waals surface area contributed by atoms with E-state index in [1.54, 1.807) is 0 Å². The molecule has 1 unspecified atom stereocenters. The van der Waals surface area contributed by atoms with Crippen LogP contribution in [0.1, 0.15) is 48.9 Å². The Labute approximate surface area is 149 Å². The first-order valence-corrected chi connectivity index (χ1v) is 9.30. The molecule has 25 heavy (non-hydrogen) atoms. The normalized spacial score (nSPS) is 23.2. The van der Waals surface area contributed by atoms with Gasteiger partial charge in [0.2, 0.25) is 5.95 Å². The van der Waals surface area contributed by atoms with Crippen molar-refractivity contribution >= 4 is 5.95 Å².